The zero-order valence-corrected chi connectivity index (χ0v) is 12.9. The highest BCUT2D eigenvalue weighted by Crippen LogP contribution is 2.28. The number of ether oxygens (including phenoxy) is 1. The van der Waals surface area contributed by atoms with Crippen molar-refractivity contribution in [3.63, 3.8) is 0 Å². The second-order valence-electron chi connectivity index (χ2n) is 4.61. The summed E-state index contributed by atoms with van der Waals surface area (Å²) >= 11 is 6.08. The van der Waals surface area contributed by atoms with E-state index in [1.807, 2.05) is 42.5 Å². The first kappa shape index (κ1) is 15.3. The average Bonchev–Trinajstić information content (AvgIpc) is 2.52. The minimum atomic E-state index is -0.337. The molecule has 0 saturated carbocycles. The zero-order chi connectivity index (χ0) is 15.2. The Morgan fingerprint density at radius 3 is 2.76 bits per heavy atom. The summed E-state index contributed by atoms with van der Waals surface area (Å²) in [5, 5.41) is 0.693. The molecule has 0 radical (unpaired) electrons. The summed E-state index contributed by atoms with van der Waals surface area (Å²) < 4.78 is 4.77. The first-order chi connectivity index (χ1) is 10.2. The van der Waals surface area contributed by atoms with E-state index in [2.05, 4.69) is 13.0 Å². The molecular formula is C18H17ClO2. The largest absolute Gasteiger partial charge is 0.465 e. The van der Waals surface area contributed by atoms with Crippen LogP contribution in [-0.2, 0) is 4.74 Å². The van der Waals surface area contributed by atoms with Gasteiger partial charge >= 0.3 is 5.97 Å². The van der Waals surface area contributed by atoms with Gasteiger partial charge in [-0.15, -0.1) is 0 Å². The van der Waals surface area contributed by atoms with E-state index >= 15 is 0 Å². The Balaban J connectivity index is 2.51. The molecule has 0 bridgehead atoms. The van der Waals surface area contributed by atoms with Crippen molar-refractivity contribution in [2.75, 3.05) is 7.11 Å². The van der Waals surface area contributed by atoms with Crippen LogP contribution in [0.5, 0.6) is 0 Å². The molecular weight excluding hydrogens is 284 g/mol. The van der Waals surface area contributed by atoms with Crippen molar-refractivity contribution >= 4 is 23.6 Å². The van der Waals surface area contributed by atoms with E-state index in [0.717, 1.165) is 23.1 Å². The molecule has 0 aliphatic rings. The number of carbonyl (C=O) groups is 1. The van der Waals surface area contributed by atoms with Crippen molar-refractivity contribution in [1.82, 2.24) is 0 Å². The highest BCUT2D eigenvalue weighted by molar-refractivity contribution is 6.30. The van der Waals surface area contributed by atoms with Crippen molar-refractivity contribution in [2.45, 2.75) is 13.3 Å². The lowest BCUT2D eigenvalue weighted by Crippen LogP contribution is -2.00. The Kier molecular flexibility index (Phi) is 5.18. The van der Waals surface area contributed by atoms with Crippen LogP contribution >= 0.6 is 11.6 Å². The van der Waals surface area contributed by atoms with Crippen LogP contribution in [0.15, 0.2) is 48.5 Å². The molecule has 0 aliphatic carbocycles. The van der Waals surface area contributed by atoms with Crippen LogP contribution in [-0.4, -0.2) is 13.1 Å². The van der Waals surface area contributed by atoms with Crippen LogP contribution in [0, 0.1) is 0 Å². The fourth-order valence-corrected chi connectivity index (χ4v) is 2.29. The third-order valence-electron chi connectivity index (χ3n) is 3.14. The number of halogens is 1. The van der Waals surface area contributed by atoms with Crippen LogP contribution in [0.4, 0.5) is 0 Å². The quantitative estimate of drug-likeness (QED) is 0.724. The molecule has 0 atom stereocenters. The smallest absolute Gasteiger partial charge is 0.337 e. The Hall–Kier alpha value is -2.06. The predicted octanol–water partition coefficient (Wildman–Crippen LogP) is 5.22. The molecule has 0 saturated heterocycles. The maximum Gasteiger partial charge on any atom is 0.337 e. The second-order valence-corrected chi connectivity index (χ2v) is 5.05. The van der Waals surface area contributed by atoms with Gasteiger partial charge in [-0.3, -0.25) is 0 Å². The monoisotopic (exact) mass is 300 g/mol. The Bertz CT molecular complexity index is 675. The molecule has 108 valence electrons. The van der Waals surface area contributed by atoms with Crippen LogP contribution in [0.3, 0.4) is 0 Å². The molecule has 3 heteroatoms. The molecule has 0 spiro atoms. The van der Waals surface area contributed by atoms with E-state index < -0.39 is 0 Å². The zero-order valence-electron chi connectivity index (χ0n) is 12.1. The highest BCUT2D eigenvalue weighted by Gasteiger charge is 2.09. The van der Waals surface area contributed by atoms with Crippen LogP contribution in [0.25, 0.3) is 17.2 Å². The van der Waals surface area contributed by atoms with Gasteiger partial charge in [0, 0.05) is 5.02 Å². The van der Waals surface area contributed by atoms with Gasteiger partial charge in [0.05, 0.1) is 12.7 Å². The fourth-order valence-electron chi connectivity index (χ4n) is 2.11. The number of rotatable bonds is 4. The summed E-state index contributed by atoms with van der Waals surface area (Å²) in [6, 6.07) is 13.1. The number of esters is 1. The van der Waals surface area contributed by atoms with Gasteiger partial charge in [0.1, 0.15) is 0 Å². The maximum atomic E-state index is 11.7. The SMILES string of the molecule is CCC=Cc1cc(Cl)ccc1-c1cccc(C(=O)OC)c1. The van der Waals surface area contributed by atoms with Crippen molar-refractivity contribution in [2.24, 2.45) is 0 Å². The topological polar surface area (TPSA) is 26.3 Å². The van der Waals surface area contributed by atoms with Crippen molar-refractivity contribution in [1.29, 1.82) is 0 Å². The summed E-state index contributed by atoms with van der Waals surface area (Å²) in [5.74, 6) is -0.337. The molecule has 0 N–H and O–H groups in total. The summed E-state index contributed by atoms with van der Waals surface area (Å²) in [6.07, 6.45) is 5.08. The fraction of sp³-hybridized carbons (Fsp3) is 0.167. The van der Waals surface area contributed by atoms with E-state index in [-0.39, 0.29) is 5.97 Å². The molecule has 0 heterocycles. The first-order valence-corrected chi connectivity index (χ1v) is 7.18. The standard InChI is InChI=1S/C18H17ClO2/c1-3-4-6-14-12-16(19)9-10-17(14)13-7-5-8-15(11-13)18(20)21-2/h4-12H,3H2,1-2H3. The summed E-state index contributed by atoms with van der Waals surface area (Å²) in [7, 11) is 1.38. The molecule has 2 rings (SSSR count). The normalized spacial score (nSPS) is 10.8. The van der Waals surface area contributed by atoms with E-state index in [0.29, 0.717) is 10.6 Å². The summed E-state index contributed by atoms with van der Waals surface area (Å²) in [6.45, 7) is 2.08. The van der Waals surface area contributed by atoms with Gasteiger partial charge in [0.25, 0.3) is 0 Å². The lowest BCUT2D eigenvalue weighted by molar-refractivity contribution is 0.0601. The van der Waals surface area contributed by atoms with Crippen LogP contribution in [0.1, 0.15) is 29.3 Å². The van der Waals surface area contributed by atoms with E-state index in [9.17, 15) is 4.79 Å². The van der Waals surface area contributed by atoms with Gasteiger partial charge < -0.3 is 4.74 Å². The third-order valence-corrected chi connectivity index (χ3v) is 3.38. The van der Waals surface area contributed by atoms with Gasteiger partial charge in [-0.25, -0.2) is 4.79 Å². The Labute approximate surface area is 130 Å². The van der Waals surface area contributed by atoms with Crippen molar-refractivity contribution in [3.8, 4) is 11.1 Å². The van der Waals surface area contributed by atoms with E-state index in [1.54, 1.807) is 6.07 Å². The molecule has 0 fully saturated rings. The minimum absolute atomic E-state index is 0.337. The number of carbonyl (C=O) groups excluding carboxylic acids is 1. The number of methoxy groups -OCH3 is 1. The van der Waals surface area contributed by atoms with Gasteiger partial charge in [0.2, 0.25) is 0 Å². The van der Waals surface area contributed by atoms with Crippen LogP contribution < -0.4 is 0 Å². The highest BCUT2D eigenvalue weighted by atomic mass is 35.5. The van der Waals surface area contributed by atoms with E-state index in [4.69, 9.17) is 16.3 Å². The Morgan fingerprint density at radius 1 is 1.24 bits per heavy atom. The van der Waals surface area contributed by atoms with Gasteiger partial charge in [-0.2, -0.15) is 0 Å². The molecule has 2 aromatic carbocycles. The molecule has 21 heavy (non-hydrogen) atoms. The second kappa shape index (κ2) is 7.09. The summed E-state index contributed by atoms with van der Waals surface area (Å²) in [5.41, 5.74) is 3.57. The molecule has 0 aromatic heterocycles. The van der Waals surface area contributed by atoms with E-state index in [1.165, 1.54) is 7.11 Å². The third kappa shape index (κ3) is 3.73. The van der Waals surface area contributed by atoms with Crippen molar-refractivity contribution in [3.05, 3.63) is 64.7 Å². The van der Waals surface area contributed by atoms with Gasteiger partial charge in [-0.1, -0.05) is 48.9 Å². The average molecular weight is 301 g/mol. The number of allylic oxidation sites excluding steroid dienone is 1. The molecule has 0 unspecified atom stereocenters. The summed E-state index contributed by atoms with van der Waals surface area (Å²) in [4.78, 5) is 11.7. The van der Waals surface area contributed by atoms with Gasteiger partial charge in [-0.05, 0) is 47.4 Å². The number of hydrogen-bond acceptors (Lipinski definition) is 2. The first-order valence-electron chi connectivity index (χ1n) is 6.80. The number of benzene rings is 2. The predicted molar refractivity (Wildman–Crippen MR) is 87.6 cm³/mol. The Morgan fingerprint density at radius 2 is 2.05 bits per heavy atom. The minimum Gasteiger partial charge on any atom is -0.465 e. The molecule has 0 amide bonds. The lowest BCUT2D eigenvalue weighted by atomic mass is 9.97. The lowest BCUT2D eigenvalue weighted by Gasteiger charge is -2.09. The van der Waals surface area contributed by atoms with Gasteiger partial charge in [0.15, 0.2) is 0 Å². The molecule has 2 nitrogen and oxygen atoms in total. The van der Waals surface area contributed by atoms with Crippen LogP contribution in [0.2, 0.25) is 5.02 Å². The number of hydrogen-bond donors (Lipinski definition) is 0. The molecule has 2 aromatic rings. The molecule has 0 aliphatic heterocycles. The van der Waals surface area contributed by atoms with Crippen molar-refractivity contribution < 1.29 is 9.53 Å². The maximum absolute atomic E-state index is 11.7.